The zero-order chi connectivity index (χ0) is 19.4. The molecule has 0 saturated carbocycles. The van der Waals surface area contributed by atoms with Crippen molar-refractivity contribution < 1.29 is 22.8 Å². The quantitative estimate of drug-likeness (QED) is 0.833. The lowest BCUT2D eigenvalue weighted by Gasteiger charge is -2.34. The summed E-state index contributed by atoms with van der Waals surface area (Å²) in [6.07, 6.45) is 0. The van der Waals surface area contributed by atoms with Crippen molar-refractivity contribution in [1.29, 1.82) is 0 Å². The second-order valence-electron chi connectivity index (χ2n) is 6.21. The van der Waals surface area contributed by atoms with E-state index in [-0.39, 0.29) is 12.5 Å². The van der Waals surface area contributed by atoms with Gasteiger partial charge in [-0.3, -0.25) is 14.5 Å². The third kappa shape index (κ3) is 4.46. The maximum absolute atomic E-state index is 13.6. The second-order valence-corrected chi connectivity index (χ2v) is 6.21. The van der Waals surface area contributed by atoms with Crippen LogP contribution in [-0.2, 0) is 4.79 Å². The molecule has 8 heteroatoms. The smallest absolute Gasteiger partial charge is 0.253 e. The van der Waals surface area contributed by atoms with Crippen molar-refractivity contribution in [3.8, 4) is 0 Å². The lowest BCUT2D eigenvalue weighted by atomic mass is 10.2. The summed E-state index contributed by atoms with van der Waals surface area (Å²) in [5.41, 5.74) is 0.203. The van der Waals surface area contributed by atoms with Crippen LogP contribution in [0.4, 0.5) is 18.9 Å². The van der Waals surface area contributed by atoms with E-state index in [2.05, 4.69) is 5.32 Å². The molecule has 0 aliphatic carbocycles. The van der Waals surface area contributed by atoms with Crippen LogP contribution in [0.25, 0.3) is 0 Å². The fraction of sp³-hybridized carbons (Fsp3) is 0.263. The Morgan fingerprint density at radius 3 is 2.22 bits per heavy atom. The van der Waals surface area contributed by atoms with Gasteiger partial charge in [0.1, 0.15) is 0 Å². The fourth-order valence-corrected chi connectivity index (χ4v) is 2.89. The molecule has 0 atom stereocenters. The van der Waals surface area contributed by atoms with E-state index in [0.717, 1.165) is 12.1 Å². The van der Waals surface area contributed by atoms with Crippen LogP contribution in [-0.4, -0.2) is 54.3 Å². The van der Waals surface area contributed by atoms with E-state index in [1.54, 1.807) is 29.2 Å². The van der Waals surface area contributed by atoms with Crippen LogP contribution in [0.3, 0.4) is 0 Å². The molecule has 1 saturated heterocycles. The van der Waals surface area contributed by atoms with Gasteiger partial charge in [-0.05, 0) is 24.3 Å². The normalized spacial score (nSPS) is 14.9. The van der Waals surface area contributed by atoms with Crippen LogP contribution in [0.1, 0.15) is 10.4 Å². The van der Waals surface area contributed by atoms with Crippen molar-refractivity contribution in [2.24, 2.45) is 0 Å². The van der Waals surface area contributed by atoms with Crippen molar-refractivity contribution in [2.45, 2.75) is 0 Å². The Bertz CT molecular complexity index is 838. The van der Waals surface area contributed by atoms with Gasteiger partial charge >= 0.3 is 0 Å². The van der Waals surface area contributed by atoms with E-state index < -0.39 is 29.0 Å². The second kappa shape index (κ2) is 8.22. The molecular weight excluding hydrogens is 359 g/mol. The molecule has 2 aromatic rings. The van der Waals surface area contributed by atoms with Gasteiger partial charge in [0.05, 0.1) is 12.2 Å². The summed E-state index contributed by atoms with van der Waals surface area (Å²) >= 11 is 0. The van der Waals surface area contributed by atoms with Gasteiger partial charge in [-0.2, -0.15) is 0 Å². The van der Waals surface area contributed by atoms with Gasteiger partial charge in [0.25, 0.3) is 5.91 Å². The van der Waals surface area contributed by atoms with Crippen molar-refractivity contribution >= 4 is 17.5 Å². The molecule has 0 radical (unpaired) electrons. The van der Waals surface area contributed by atoms with Crippen LogP contribution >= 0.6 is 0 Å². The molecule has 0 spiro atoms. The molecule has 0 unspecified atom stereocenters. The predicted octanol–water partition coefficient (Wildman–Crippen LogP) is 2.50. The highest BCUT2D eigenvalue weighted by Crippen LogP contribution is 2.19. The predicted molar refractivity (Wildman–Crippen MR) is 93.7 cm³/mol. The fourth-order valence-electron chi connectivity index (χ4n) is 2.89. The number of benzene rings is 2. The zero-order valence-electron chi connectivity index (χ0n) is 14.4. The van der Waals surface area contributed by atoms with Gasteiger partial charge in [0.2, 0.25) is 5.91 Å². The zero-order valence-corrected chi connectivity index (χ0v) is 14.4. The van der Waals surface area contributed by atoms with Gasteiger partial charge < -0.3 is 10.2 Å². The molecule has 1 aliphatic rings. The average molecular weight is 377 g/mol. The SMILES string of the molecule is O=C(CN1CCN(C(=O)c2ccccc2)CC1)Nc1ccc(F)c(F)c1F. The largest absolute Gasteiger partial charge is 0.336 e. The number of hydrogen-bond donors (Lipinski definition) is 1. The lowest BCUT2D eigenvalue weighted by Crippen LogP contribution is -2.50. The number of anilines is 1. The van der Waals surface area contributed by atoms with Gasteiger partial charge in [-0.15, -0.1) is 0 Å². The van der Waals surface area contributed by atoms with E-state index in [1.807, 2.05) is 11.0 Å². The number of carbonyl (C=O) groups is 2. The summed E-state index contributed by atoms with van der Waals surface area (Å²) in [5.74, 6) is -4.97. The number of carbonyl (C=O) groups excluding carboxylic acids is 2. The standard InChI is InChI=1S/C19H18F3N3O2/c20-14-6-7-15(18(22)17(14)21)23-16(26)12-24-8-10-25(11-9-24)19(27)13-4-2-1-3-5-13/h1-7H,8-12H2,(H,23,26). The van der Waals surface area contributed by atoms with Gasteiger partial charge in [0, 0.05) is 31.7 Å². The van der Waals surface area contributed by atoms with Crippen molar-refractivity contribution in [1.82, 2.24) is 9.80 Å². The summed E-state index contributed by atoms with van der Waals surface area (Å²) in [6.45, 7) is 1.84. The number of piperazine rings is 1. The maximum Gasteiger partial charge on any atom is 0.253 e. The maximum atomic E-state index is 13.6. The molecule has 142 valence electrons. The third-order valence-corrected chi connectivity index (χ3v) is 4.36. The summed E-state index contributed by atoms with van der Waals surface area (Å²) in [6, 6.07) is 10.7. The Balaban J connectivity index is 1.51. The lowest BCUT2D eigenvalue weighted by molar-refractivity contribution is -0.117. The number of nitrogens with one attached hydrogen (secondary N) is 1. The summed E-state index contributed by atoms with van der Waals surface area (Å²) < 4.78 is 39.8. The van der Waals surface area contributed by atoms with Crippen molar-refractivity contribution in [2.75, 3.05) is 38.0 Å². The topological polar surface area (TPSA) is 52.7 Å². The molecular formula is C19H18F3N3O2. The molecule has 1 fully saturated rings. The Kier molecular flexibility index (Phi) is 5.75. The minimum absolute atomic E-state index is 0.0359. The number of rotatable bonds is 4. The first kappa shape index (κ1) is 18.9. The minimum Gasteiger partial charge on any atom is -0.336 e. The Labute approximate surface area is 154 Å². The van der Waals surface area contributed by atoms with E-state index >= 15 is 0 Å². The van der Waals surface area contributed by atoms with Crippen molar-refractivity contribution in [3.63, 3.8) is 0 Å². The van der Waals surface area contributed by atoms with Crippen LogP contribution in [0.15, 0.2) is 42.5 Å². The van der Waals surface area contributed by atoms with Gasteiger partial charge in [0.15, 0.2) is 17.5 Å². The Morgan fingerprint density at radius 2 is 1.56 bits per heavy atom. The first-order valence-corrected chi connectivity index (χ1v) is 8.45. The molecule has 2 amide bonds. The van der Waals surface area contributed by atoms with Gasteiger partial charge in [-0.1, -0.05) is 18.2 Å². The van der Waals surface area contributed by atoms with Crippen LogP contribution in [0, 0.1) is 17.5 Å². The molecule has 1 N–H and O–H groups in total. The van der Waals surface area contributed by atoms with E-state index in [1.165, 1.54) is 0 Å². The first-order valence-electron chi connectivity index (χ1n) is 8.45. The molecule has 5 nitrogen and oxygen atoms in total. The number of amides is 2. The minimum atomic E-state index is -1.62. The van der Waals surface area contributed by atoms with E-state index in [0.29, 0.717) is 31.7 Å². The van der Waals surface area contributed by atoms with Crippen LogP contribution in [0.5, 0.6) is 0 Å². The highest BCUT2D eigenvalue weighted by Gasteiger charge is 2.23. The molecule has 2 aromatic carbocycles. The number of halogens is 3. The first-order chi connectivity index (χ1) is 13.0. The molecule has 1 heterocycles. The molecule has 1 aliphatic heterocycles. The monoisotopic (exact) mass is 377 g/mol. The van der Waals surface area contributed by atoms with Gasteiger partial charge in [-0.25, -0.2) is 13.2 Å². The molecule has 27 heavy (non-hydrogen) atoms. The highest BCUT2D eigenvalue weighted by molar-refractivity contribution is 5.94. The molecule has 3 rings (SSSR count). The third-order valence-electron chi connectivity index (χ3n) is 4.36. The van der Waals surface area contributed by atoms with E-state index in [4.69, 9.17) is 0 Å². The number of nitrogens with zero attached hydrogens (tertiary/aromatic N) is 2. The molecule has 0 bridgehead atoms. The molecule has 0 aromatic heterocycles. The van der Waals surface area contributed by atoms with Crippen LogP contribution in [0.2, 0.25) is 0 Å². The average Bonchev–Trinajstić information content (AvgIpc) is 2.69. The summed E-state index contributed by atoms with van der Waals surface area (Å²) in [4.78, 5) is 28.0. The van der Waals surface area contributed by atoms with E-state index in [9.17, 15) is 22.8 Å². The van der Waals surface area contributed by atoms with Crippen LogP contribution < -0.4 is 5.32 Å². The van der Waals surface area contributed by atoms with Crippen molar-refractivity contribution in [3.05, 3.63) is 65.5 Å². The summed E-state index contributed by atoms with van der Waals surface area (Å²) in [7, 11) is 0. The number of hydrogen-bond acceptors (Lipinski definition) is 3. The Morgan fingerprint density at radius 1 is 0.889 bits per heavy atom. The Hall–Kier alpha value is -2.87. The summed E-state index contributed by atoms with van der Waals surface area (Å²) in [5, 5.41) is 2.24. The highest BCUT2D eigenvalue weighted by atomic mass is 19.2.